The maximum absolute atomic E-state index is 4.78. The van der Waals surface area contributed by atoms with E-state index in [0.717, 1.165) is 17.8 Å². The molecule has 1 nitrogen and oxygen atoms in total. The molecule has 0 spiro atoms. The van der Waals surface area contributed by atoms with Crippen LogP contribution in [-0.4, -0.2) is 4.98 Å². The minimum atomic E-state index is 0.944. The van der Waals surface area contributed by atoms with Crippen molar-refractivity contribution in [2.45, 2.75) is 20.3 Å². The molecule has 0 aliphatic rings. The Kier molecular flexibility index (Phi) is 3.83. The first-order valence-electron chi connectivity index (χ1n) is 7.40. The third-order valence-corrected chi connectivity index (χ3v) is 3.77. The SMILES string of the molecule is CCc1cc(-c2ccccc2C)cc(-c2ccccc2)n1. The third-order valence-electron chi connectivity index (χ3n) is 3.77. The zero-order chi connectivity index (χ0) is 14.7. The van der Waals surface area contributed by atoms with E-state index < -0.39 is 0 Å². The van der Waals surface area contributed by atoms with E-state index in [1.54, 1.807) is 0 Å². The van der Waals surface area contributed by atoms with Gasteiger partial charge in [-0.05, 0) is 42.2 Å². The second-order valence-electron chi connectivity index (χ2n) is 5.27. The van der Waals surface area contributed by atoms with Crippen molar-refractivity contribution in [3.63, 3.8) is 0 Å². The number of nitrogens with zero attached hydrogens (tertiary/aromatic N) is 1. The van der Waals surface area contributed by atoms with Gasteiger partial charge in [-0.3, -0.25) is 4.98 Å². The first kappa shape index (κ1) is 13.6. The van der Waals surface area contributed by atoms with Crippen LogP contribution in [-0.2, 0) is 6.42 Å². The molecule has 0 fully saturated rings. The molecule has 0 bridgehead atoms. The molecule has 2 aromatic carbocycles. The summed E-state index contributed by atoms with van der Waals surface area (Å²) in [5, 5.41) is 0. The minimum Gasteiger partial charge on any atom is -0.253 e. The fourth-order valence-electron chi connectivity index (χ4n) is 2.58. The molecule has 0 saturated heterocycles. The van der Waals surface area contributed by atoms with E-state index in [-0.39, 0.29) is 0 Å². The van der Waals surface area contributed by atoms with Crippen molar-refractivity contribution in [3.05, 3.63) is 78.0 Å². The summed E-state index contributed by atoms with van der Waals surface area (Å²) in [5.41, 5.74) is 7.18. The highest BCUT2D eigenvalue weighted by atomic mass is 14.7. The van der Waals surface area contributed by atoms with Crippen LogP contribution in [0.5, 0.6) is 0 Å². The quantitative estimate of drug-likeness (QED) is 0.632. The molecule has 0 aliphatic heterocycles. The lowest BCUT2D eigenvalue weighted by molar-refractivity contribution is 1.04. The Morgan fingerprint density at radius 3 is 2.24 bits per heavy atom. The van der Waals surface area contributed by atoms with E-state index in [0.29, 0.717) is 0 Å². The summed E-state index contributed by atoms with van der Waals surface area (Å²) in [4.78, 5) is 4.78. The molecule has 0 N–H and O–H groups in total. The summed E-state index contributed by atoms with van der Waals surface area (Å²) < 4.78 is 0. The van der Waals surface area contributed by atoms with Crippen molar-refractivity contribution < 1.29 is 0 Å². The lowest BCUT2D eigenvalue weighted by Gasteiger charge is -2.10. The number of rotatable bonds is 3. The van der Waals surface area contributed by atoms with Crippen LogP contribution in [0.15, 0.2) is 66.7 Å². The smallest absolute Gasteiger partial charge is 0.0711 e. The highest BCUT2D eigenvalue weighted by Crippen LogP contribution is 2.28. The van der Waals surface area contributed by atoms with E-state index in [2.05, 4.69) is 74.5 Å². The van der Waals surface area contributed by atoms with Gasteiger partial charge in [-0.2, -0.15) is 0 Å². The Bertz CT molecular complexity index is 745. The fraction of sp³-hybridized carbons (Fsp3) is 0.150. The monoisotopic (exact) mass is 273 g/mol. The number of aryl methyl sites for hydroxylation is 2. The van der Waals surface area contributed by atoms with Crippen LogP contribution in [0, 0.1) is 6.92 Å². The molecule has 3 rings (SSSR count). The van der Waals surface area contributed by atoms with E-state index >= 15 is 0 Å². The molecule has 104 valence electrons. The van der Waals surface area contributed by atoms with Gasteiger partial charge in [0.25, 0.3) is 0 Å². The predicted octanol–water partition coefficient (Wildman–Crippen LogP) is 5.29. The summed E-state index contributed by atoms with van der Waals surface area (Å²) in [6.45, 7) is 4.31. The Balaban J connectivity index is 2.17. The van der Waals surface area contributed by atoms with Crippen LogP contribution >= 0.6 is 0 Å². The van der Waals surface area contributed by atoms with Gasteiger partial charge in [0.15, 0.2) is 0 Å². The van der Waals surface area contributed by atoms with Gasteiger partial charge in [-0.1, -0.05) is 61.5 Å². The first-order chi connectivity index (χ1) is 10.3. The second-order valence-corrected chi connectivity index (χ2v) is 5.27. The number of pyridine rings is 1. The van der Waals surface area contributed by atoms with Gasteiger partial charge in [0, 0.05) is 11.3 Å². The van der Waals surface area contributed by atoms with Gasteiger partial charge in [0.05, 0.1) is 5.69 Å². The molecule has 0 amide bonds. The largest absolute Gasteiger partial charge is 0.253 e. The lowest BCUT2D eigenvalue weighted by Crippen LogP contribution is -1.93. The Hall–Kier alpha value is -2.41. The molecule has 21 heavy (non-hydrogen) atoms. The van der Waals surface area contributed by atoms with E-state index in [9.17, 15) is 0 Å². The average molecular weight is 273 g/mol. The van der Waals surface area contributed by atoms with Crippen LogP contribution in [0.25, 0.3) is 22.4 Å². The second kappa shape index (κ2) is 5.92. The Morgan fingerprint density at radius 1 is 0.810 bits per heavy atom. The van der Waals surface area contributed by atoms with Gasteiger partial charge in [-0.25, -0.2) is 0 Å². The summed E-state index contributed by atoms with van der Waals surface area (Å²) in [5.74, 6) is 0. The zero-order valence-electron chi connectivity index (χ0n) is 12.5. The lowest BCUT2D eigenvalue weighted by atomic mass is 9.98. The van der Waals surface area contributed by atoms with Crippen molar-refractivity contribution in [3.8, 4) is 22.4 Å². The first-order valence-corrected chi connectivity index (χ1v) is 7.40. The van der Waals surface area contributed by atoms with Gasteiger partial charge < -0.3 is 0 Å². The summed E-state index contributed by atoms with van der Waals surface area (Å²) in [7, 11) is 0. The van der Waals surface area contributed by atoms with E-state index in [4.69, 9.17) is 4.98 Å². The van der Waals surface area contributed by atoms with Crippen LogP contribution in [0.3, 0.4) is 0 Å². The molecule has 1 heteroatoms. The van der Waals surface area contributed by atoms with Crippen molar-refractivity contribution in [1.82, 2.24) is 4.98 Å². The van der Waals surface area contributed by atoms with Crippen molar-refractivity contribution in [2.75, 3.05) is 0 Å². The summed E-state index contributed by atoms with van der Waals surface area (Å²) >= 11 is 0. The number of aromatic nitrogens is 1. The zero-order valence-corrected chi connectivity index (χ0v) is 12.5. The normalized spacial score (nSPS) is 10.6. The molecule has 1 heterocycles. The highest BCUT2D eigenvalue weighted by Gasteiger charge is 2.07. The van der Waals surface area contributed by atoms with Gasteiger partial charge >= 0.3 is 0 Å². The number of hydrogen-bond acceptors (Lipinski definition) is 1. The molecule has 0 aliphatic carbocycles. The van der Waals surface area contributed by atoms with Crippen molar-refractivity contribution in [2.24, 2.45) is 0 Å². The van der Waals surface area contributed by atoms with Crippen LogP contribution in [0.4, 0.5) is 0 Å². The minimum absolute atomic E-state index is 0.944. The summed E-state index contributed by atoms with van der Waals surface area (Å²) in [6, 6.07) is 23.3. The predicted molar refractivity (Wildman–Crippen MR) is 89.2 cm³/mol. The van der Waals surface area contributed by atoms with Crippen molar-refractivity contribution >= 4 is 0 Å². The number of benzene rings is 2. The molecule has 0 radical (unpaired) electrons. The van der Waals surface area contributed by atoms with Crippen molar-refractivity contribution in [1.29, 1.82) is 0 Å². The molecule has 3 aromatic rings. The molecule has 0 unspecified atom stereocenters. The number of hydrogen-bond donors (Lipinski definition) is 0. The average Bonchev–Trinajstić information content (AvgIpc) is 2.55. The molecular formula is C20H19N. The van der Waals surface area contributed by atoms with Gasteiger partial charge in [0.2, 0.25) is 0 Å². The van der Waals surface area contributed by atoms with Crippen LogP contribution < -0.4 is 0 Å². The Labute approximate surface area is 126 Å². The van der Waals surface area contributed by atoms with Crippen LogP contribution in [0.1, 0.15) is 18.2 Å². The van der Waals surface area contributed by atoms with E-state index in [1.165, 1.54) is 22.3 Å². The van der Waals surface area contributed by atoms with Crippen LogP contribution in [0.2, 0.25) is 0 Å². The Morgan fingerprint density at radius 2 is 1.52 bits per heavy atom. The fourth-order valence-corrected chi connectivity index (χ4v) is 2.58. The summed E-state index contributed by atoms with van der Waals surface area (Å²) in [6.07, 6.45) is 0.944. The standard InChI is InChI=1S/C20H19N/c1-3-18-13-17(19-12-8-7-9-15(19)2)14-20(21-18)16-10-5-4-6-11-16/h4-14H,3H2,1-2H3. The molecule has 1 aromatic heterocycles. The molecular weight excluding hydrogens is 254 g/mol. The van der Waals surface area contributed by atoms with Gasteiger partial charge in [-0.15, -0.1) is 0 Å². The highest BCUT2D eigenvalue weighted by molar-refractivity contribution is 5.73. The third kappa shape index (κ3) is 2.87. The van der Waals surface area contributed by atoms with E-state index in [1.807, 2.05) is 6.07 Å². The maximum atomic E-state index is 4.78. The molecule has 0 saturated carbocycles. The topological polar surface area (TPSA) is 12.9 Å². The van der Waals surface area contributed by atoms with Gasteiger partial charge in [0.1, 0.15) is 0 Å². The molecule has 0 atom stereocenters. The maximum Gasteiger partial charge on any atom is 0.0711 e.